The minimum absolute atomic E-state index is 0.0252. The minimum atomic E-state index is -0.658. The molecule has 0 aliphatic rings. The van der Waals surface area contributed by atoms with Gasteiger partial charge >= 0.3 is 0 Å². The zero-order chi connectivity index (χ0) is 14.7. The van der Waals surface area contributed by atoms with E-state index in [-0.39, 0.29) is 23.7 Å². The van der Waals surface area contributed by atoms with Crippen LogP contribution in [0.1, 0.15) is 17.4 Å². The van der Waals surface area contributed by atoms with E-state index in [0.717, 1.165) is 6.26 Å². The van der Waals surface area contributed by atoms with E-state index >= 15 is 0 Å². The summed E-state index contributed by atoms with van der Waals surface area (Å²) in [5.41, 5.74) is 0.200. The second-order valence-corrected chi connectivity index (χ2v) is 5.14. The smallest absolute Gasteiger partial charge is 0.273 e. The molecule has 1 amide bonds. The van der Waals surface area contributed by atoms with Crippen LogP contribution >= 0.6 is 15.9 Å². The Bertz CT molecular complexity index is 628. The number of benzene rings is 1. The van der Waals surface area contributed by atoms with Crippen molar-refractivity contribution in [2.45, 2.75) is 13.0 Å². The van der Waals surface area contributed by atoms with Crippen LogP contribution in [0.2, 0.25) is 0 Å². The van der Waals surface area contributed by atoms with Gasteiger partial charge in [0.25, 0.3) is 5.91 Å². The van der Waals surface area contributed by atoms with Crippen LogP contribution in [0.5, 0.6) is 0 Å². The fraction of sp³-hybridized carbons (Fsp3) is 0.231. The normalized spacial score (nSPS) is 12.2. The van der Waals surface area contributed by atoms with E-state index in [2.05, 4.69) is 26.2 Å². The quantitative estimate of drug-likeness (QED) is 0.894. The van der Waals surface area contributed by atoms with E-state index in [4.69, 9.17) is 9.52 Å². The Morgan fingerprint density at radius 1 is 1.60 bits per heavy atom. The van der Waals surface area contributed by atoms with Gasteiger partial charge in [-0.3, -0.25) is 4.79 Å². The lowest BCUT2D eigenvalue weighted by Crippen LogP contribution is -2.30. The number of halogens is 2. The predicted octanol–water partition coefficient (Wildman–Crippen LogP) is 2.35. The number of aliphatic hydroxyl groups excluding tert-OH is 1. The number of carbonyl (C=O) groups excluding carboxylic acids is 1. The Morgan fingerprint density at radius 3 is 3.00 bits per heavy atom. The van der Waals surface area contributed by atoms with Gasteiger partial charge in [-0.1, -0.05) is 15.9 Å². The Hall–Kier alpha value is -1.73. The van der Waals surface area contributed by atoms with Crippen molar-refractivity contribution < 1.29 is 18.7 Å². The molecule has 0 aliphatic heterocycles. The van der Waals surface area contributed by atoms with Gasteiger partial charge in [-0.2, -0.15) is 0 Å². The molecule has 106 valence electrons. The Morgan fingerprint density at radius 2 is 2.35 bits per heavy atom. The summed E-state index contributed by atoms with van der Waals surface area (Å²) in [7, 11) is 0. The Balaban J connectivity index is 2.18. The number of rotatable bonds is 4. The summed E-state index contributed by atoms with van der Waals surface area (Å²) in [4.78, 5) is 15.6. The van der Waals surface area contributed by atoms with Crippen LogP contribution < -0.4 is 5.32 Å². The van der Waals surface area contributed by atoms with Crippen LogP contribution in [0, 0.1) is 5.82 Å². The van der Waals surface area contributed by atoms with Crippen molar-refractivity contribution in [3.8, 4) is 11.5 Å². The molecular weight excluding hydrogens is 331 g/mol. The molecule has 1 unspecified atom stereocenters. The number of hydrogen-bond acceptors (Lipinski definition) is 4. The molecule has 2 aromatic rings. The summed E-state index contributed by atoms with van der Waals surface area (Å²) < 4.78 is 19.4. The van der Waals surface area contributed by atoms with Gasteiger partial charge in [0.2, 0.25) is 5.89 Å². The number of amides is 1. The third-order valence-corrected chi connectivity index (χ3v) is 2.95. The molecule has 0 radical (unpaired) electrons. The molecule has 0 saturated heterocycles. The van der Waals surface area contributed by atoms with Crippen molar-refractivity contribution in [2.75, 3.05) is 6.54 Å². The summed E-state index contributed by atoms with van der Waals surface area (Å²) in [6.45, 7) is 1.65. The highest BCUT2D eigenvalue weighted by Crippen LogP contribution is 2.24. The van der Waals surface area contributed by atoms with E-state index < -0.39 is 17.8 Å². The number of carbonyl (C=O) groups is 1. The standard InChI is InChI=1S/C13H12BrFN2O3/c1-7(18)5-16-12(19)11-6-20-13(17-11)9-3-2-8(14)4-10(9)15/h2-4,6-7,18H,5H2,1H3,(H,16,19). The van der Waals surface area contributed by atoms with Crippen molar-refractivity contribution in [3.05, 3.63) is 40.4 Å². The van der Waals surface area contributed by atoms with Gasteiger partial charge in [0.15, 0.2) is 5.69 Å². The number of oxazole rings is 1. The third kappa shape index (κ3) is 3.43. The maximum Gasteiger partial charge on any atom is 0.273 e. The molecule has 1 aromatic heterocycles. The first-order valence-electron chi connectivity index (χ1n) is 5.84. The van der Waals surface area contributed by atoms with Gasteiger partial charge in [-0.05, 0) is 25.1 Å². The van der Waals surface area contributed by atoms with Gasteiger partial charge in [0.05, 0.1) is 11.7 Å². The number of nitrogens with zero attached hydrogens (tertiary/aromatic N) is 1. The Labute approximate surface area is 123 Å². The lowest BCUT2D eigenvalue weighted by molar-refractivity contribution is 0.0919. The summed E-state index contributed by atoms with van der Waals surface area (Å²) in [5.74, 6) is -0.965. The minimum Gasteiger partial charge on any atom is -0.444 e. The van der Waals surface area contributed by atoms with Crippen LogP contribution in [0.4, 0.5) is 4.39 Å². The van der Waals surface area contributed by atoms with Crippen LogP contribution in [0.15, 0.2) is 33.4 Å². The number of nitrogens with one attached hydrogen (secondary N) is 1. The van der Waals surface area contributed by atoms with Gasteiger partial charge in [-0.25, -0.2) is 9.37 Å². The Kier molecular flexibility index (Phi) is 4.51. The first kappa shape index (κ1) is 14.7. The highest BCUT2D eigenvalue weighted by Gasteiger charge is 2.16. The average Bonchev–Trinajstić information content (AvgIpc) is 2.85. The molecule has 0 spiro atoms. The molecular formula is C13H12BrFN2O3. The van der Waals surface area contributed by atoms with E-state index in [0.29, 0.717) is 4.47 Å². The maximum absolute atomic E-state index is 13.7. The molecule has 2 rings (SSSR count). The number of hydrogen-bond donors (Lipinski definition) is 2. The number of aromatic nitrogens is 1. The monoisotopic (exact) mass is 342 g/mol. The fourth-order valence-electron chi connectivity index (χ4n) is 1.50. The van der Waals surface area contributed by atoms with E-state index in [1.165, 1.54) is 12.1 Å². The first-order valence-corrected chi connectivity index (χ1v) is 6.64. The van der Waals surface area contributed by atoms with Crippen molar-refractivity contribution in [2.24, 2.45) is 0 Å². The van der Waals surface area contributed by atoms with Crippen LogP contribution in [0.3, 0.4) is 0 Å². The molecule has 0 fully saturated rings. The predicted molar refractivity (Wildman–Crippen MR) is 73.6 cm³/mol. The average molecular weight is 343 g/mol. The van der Waals surface area contributed by atoms with Crippen LogP contribution in [-0.4, -0.2) is 28.6 Å². The molecule has 1 atom stereocenters. The lowest BCUT2D eigenvalue weighted by atomic mass is 10.2. The molecule has 20 heavy (non-hydrogen) atoms. The highest BCUT2D eigenvalue weighted by atomic mass is 79.9. The molecule has 1 heterocycles. The molecule has 0 bridgehead atoms. The molecule has 0 saturated carbocycles. The maximum atomic E-state index is 13.7. The van der Waals surface area contributed by atoms with Gasteiger partial charge < -0.3 is 14.8 Å². The highest BCUT2D eigenvalue weighted by molar-refractivity contribution is 9.10. The number of aliphatic hydroxyl groups is 1. The van der Waals surface area contributed by atoms with Crippen molar-refractivity contribution in [3.63, 3.8) is 0 Å². The second-order valence-electron chi connectivity index (χ2n) is 4.22. The van der Waals surface area contributed by atoms with Crippen molar-refractivity contribution in [1.82, 2.24) is 10.3 Å². The third-order valence-electron chi connectivity index (χ3n) is 2.46. The van der Waals surface area contributed by atoms with Crippen LogP contribution in [0.25, 0.3) is 11.5 Å². The zero-order valence-corrected chi connectivity index (χ0v) is 12.1. The van der Waals surface area contributed by atoms with Crippen molar-refractivity contribution >= 4 is 21.8 Å². The van der Waals surface area contributed by atoms with Crippen LogP contribution in [-0.2, 0) is 0 Å². The molecule has 0 aliphatic carbocycles. The topological polar surface area (TPSA) is 75.4 Å². The van der Waals surface area contributed by atoms with Crippen molar-refractivity contribution in [1.29, 1.82) is 0 Å². The summed E-state index contributed by atoms with van der Waals surface area (Å²) in [6, 6.07) is 4.44. The molecule has 5 nitrogen and oxygen atoms in total. The zero-order valence-electron chi connectivity index (χ0n) is 10.6. The van der Waals surface area contributed by atoms with E-state index in [9.17, 15) is 9.18 Å². The lowest BCUT2D eigenvalue weighted by Gasteiger charge is -2.04. The summed E-state index contributed by atoms with van der Waals surface area (Å²) in [5, 5.41) is 11.6. The van der Waals surface area contributed by atoms with Gasteiger partial charge in [-0.15, -0.1) is 0 Å². The summed E-state index contributed by atoms with van der Waals surface area (Å²) >= 11 is 3.15. The molecule has 1 aromatic carbocycles. The first-order chi connectivity index (χ1) is 9.47. The van der Waals surface area contributed by atoms with E-state index in [1.54, 1.807) is 13.0 Å². The molecule has 2 N–H and O–H groups in total. The fourth-order valence-corrected chi connectivity index (χ4v) is 1.83. The summed E-state index contributed by atoms with van der Waals surface area (Å²) in [6.07, 6.45) is 0.489. The van der Waals surface area contributed by atoms with E-state index in [1.807, 2.05) is 0 Å². The van der Waals surface area contributed by atoms with Gasteiger partial charge in [0, 0.05) is 11.0 Å². The SMILES string of the molecule is CC(O)CNC(=O)c1coc(-c2ccc(Br)cc2F)n1. The second kappa shape index (κ2) is 6.15. The van der Waals surface area contributed by atoms with Gasteiger partial charge in [0.1, 0.15) is 12.1 Å². The molecule has 7 heteroatoms. The largest absolute Gasteiger partial charge is 0.444 e.